The van der Waals surface area contributed by atoms with Gasteiger partial charge in [0, 0.05) is 21.9 Å². The molecule has 2 atom stereocenters. The molecule has 0 aliphatic carbocycles. The van der Waals surface area contributed by atoms with Crippen LogP contribution < -0.4 is 10.1 Å². The Balaban J connectivity index is 2.09. The number of aromatic nitrogens is 1. The molecule has 2 unspecified atom stereocenters. The monoisotopic (exact) mass is 392 g/mol. The number of alkyl halides is 1. The highest BCUT2D eigenvalue weighted by Gasteiger charge is 2.19. The van der Waals surface area contributed by atoms with Crippen molar-refractivity contribution in [2.24, 2.45) is 0 Å². The van der Waals surface area contributed by atoms with Crippen LogP contribution in [0.15, 0.2) is 55.0 Å². The molecule has 1 aliphatic rings. The molecule has 0 spiro atoms. The second kappa shape index (κ2) is 6.03. The maximum atomic E-state index is 4.44. The molecule has 0 amide bonds. The average Bonchev–Trinajstić information content (AvgIpc) is 2.93. The van der Waals surface area contributed by atoms with E-state index in [9.17, 15) is 0 Å². The first-order valence-electron chi connectivity index (χ1n) is 6.86. The predicted octanol–water partition coefficient (Wildman–Crippen LogP) is 3.25. The molecule has 0 saturated heterocycles. The Labute approximate surface area is 138 Å². The third-order valence-electron chi connectivity index (χ3n) is 3.50. The zero-order valence-electron chi connectivity index (χ0n) is 12.0. The summed E-state index contributed by atoms with van der Waals surface area (Å²) in [5.74, 6) is 0. The van der Waals surface area contributed by atoms with Crippen LogP contribution in [-0.2, 0) is 0 Å². The van der Waals surface area contributed by atoms with Crippen molar-refractivity contribution >= 4 is 28.3 Å². The number of halogens is 1. The van der Waals surface area contributed by atoms with Gasteiger partial charge in [-0.1, -0.05) is 40.8 Å². The minimum absolute atomic E-state index is 0.428. The highest BCUT2D eigenvalue weighted by atomic mass is 127. The Morgan fingerprint density at radius 1 is 1.29 bits per heavy atom. The summed E-state index contributed by atoms with van der Waals surface area (Å²) >= 11 is 2.45. The van der Waals surface area contributed by atoms with Crippen molar-refractivity contribution in [2.75, 3.05) is 12.1 Å². The number of hydrogen-bond acceptors (Lipinski definition) is 2. The van der Waals surface area contributed by atoms with Gasteiger partial charge in [-0.25, -0.2) is 5.01 Å². The van der Waals surface area contributed by atoms with Crippen LogP contribution in [0.5, 0.6) is 0 Å². The van der Waals surface area contributed by atoms with Crippen molar-refractivity contribution in [3.63, 3.8) is 0 Å². The highest BCUT2D eigenvalue weighted by Crippen LogP contribution is 2.34. The van der Waals surface area contributed by atoms with Gasteiger partial charge in [-0.2, -0.15) is 0 Å². The largest absolute Gasteiger partial charge is 0.468 e. The molecule has 0 saturated carbocycles. The molecule has 1 aliphatic heterocycles. The van der Waals surface area contributed by atoms with Crippen LogP contribution in [0.4, 0.5) is 5.69 Å². The van der Waals surface area contributed by atoms with Crippen molar-refractivity contribution in [1.82, 2.24) is 4.98 Å². The first kappa shape index (κ1) is 14.3. The maximum Gasteiger partial charge on any atom is 0.0978 e. The smallest absolute Gasteiger partial charge is 0.0978 e. The zero-order chi connectivity index (χ0) is 14.8. The van der Waals surface area contributed by atoms with Gasteiger partial charge in [0.05, 0.1) is 18.4 Å². The van der Waals surface area contributed by atoms with Gasteiger partial charge in [-0.05, 0) is 30.7 Å². The molecule has 4 nitrogen and oxygen atoms in total. The van der Waals surface area contributed by atoms with Crippen LogP contribution in [-0.4, -0.2) is 12.0 Å². The van der Waals surface area contributed by atoms with Crippen LogP contribution in [0, 0.1) is 0 Å². The summed E-state index contributed by atoms with van der Waals surface area (Å²) in [4.78, 5) is 4.44. The predicted molar refractivity (Wildman–Crippen MR) is 94.0 cm³/mol. The molecule has 21 heavy (non-hydrogen) atoms. The van der Waals surface area contributed by atoms with Crippen molar-refractivity contribution < 1.29 is 5.12 Å². The SMILES string of the molecule is CC(I)c1ccc(-c2ccccn2)cc1N1C=C[N-][NH+]1C. The summed E-state index contributed by atoms with van der Waals surface area (Å²) in [5, 5.41) is 3.13. The first-order chi connectivity index (χ1) is 10.2. The van der Waals surface area contributed by atoms with Gasteiger partial charge in [-0.3, -0.25) is 10.1 Å². The fraction of sp³-hybridized carbons (Fsp3) is 0.188. The van der Waals surface area contributed by atoms with Gasteiger partial charge >= 0.3 is 0 Å². The number of rotatable bonds is 3. The summed E-state index contributed by atoms with van der Waals surface area (Å²) in [7, 11) is 2.02. The minimum Gasteiger partial charge on any atom is -0.468 e. The van der Waals surface area contributed by atoms with Crippen LogP contribution >= 0.6 is 22.6 Å². The molecule has 0 fully saturated rings. The fourth-order valence-electron chi connectivity index (χ4n) is 2.41. The number of anilines is 1. The van der Waals surface area contributed by atoms with E-state index in [0.29, 0.717) is 3.92 Å². The zero-order valence-corrected chi connectivity index (χ0v) is 14.2. The standard InChI is InChI=1S/C16H17IN4/c1-12(17)14-7-6-13(15-5-3-4-8-18-15)11-16(14)21-10-9-19-20(21)2/h3-12,20H,1-2H3. The second-order valence-electron chi connectivity index (χ2n) is 4.95. The third-order valence-corrected chi connectivity index (χ3v) is 4.18. The van der Waals surface area contributed by atoms with Gasteiger partial charge in [-0.15, -0.1) is 6.20 Å². The summed E-state index contributed by atoms with van der Waals surface area (Å²) in [5.41, 5.74) is 8.93. The van der Waals surface area contributed by atoms with Crippen molar-refractivity contribution in [3.05, 3.63) is 66.0 Å². The summed E-state index contributed by atoms with van der Waals surface area (Å²) in [6.07, 6.45) is 5.67. The van der Waals surface area contributed by atoms with Gasteiger partial charge in [0.2, 0.25) is 0 Å². The van der Waals surface area contributed by atoms with Gasteiger partial charge < -0.3 is 5.43 Å². The van der Waals surface area contributed by atoms with Crippen LogP contribution in [0.3, 0.4) is 0 Å². The van der Waals surface area contributed by atoms with Crippen molar-refractivity contribution in [1.29, 1.82) is 0 Å². The number of benzene rings is 1. The van der Waals surface area contributed by atoms with Gasteiger partial charge in [0.15, 0.2) is 0 Å². The molecule has 1 aromatic carbocycles. The number of quaternary nitrogens is 1. The van der Waals surface area contributed by atoms with E-state index < -0.39 is 0 Å². The Bertz CT molecular complexity index is 655. The summed E-state index contributed by atoms with van der Waals surface area (Å²) in [6, 6.07) is 12.5. The van der Waals surface area contributed by atoms with E-state index in [0.717, 1.165) is 16.4 Å². The molecule has 2 heterocycles. The number of pyridine rings is 1. The molecular weight excluding hydrogens is 375 g/mol. The van der Waals surface area contributed by atoms with E-state index in [4.69, 9.17) is 0 Å². The van der Waals surface area contributed by atoms with Crippen LogP contribution in [0.25, 0.3) is 16.7 Å². The molecule has 0 radical (unpaired) electrons. The minimum atomic E-state index is 0.428. The number of hydrogen-bond donors (Lipinski definition) is 1. The quantitative estimate of drug-likeness (QED) is 0.643. The molecule has 2 aromatic rings. The molecule has 0 bridgehead atoms. The Morgan fingerprint density at radius 2 is 2.14 bits per heavy atom. The summed E-state index contributed by atoms with van der Waals surface area (Å²) < 4.78 is 0.428. The molecule has 5 heteroatoms. The van der Waals surface area contributed by atoms with Crippen LogP contribution in [0.2, 0.25) is 0 Å². The van der Waals surface area contributed by atoms with E-state index in [-0.39, 0.29) is 0 Å². The van der Waals surface area contributed by atoms with Crippen LogP contribution in [0.1, 0.15) is 16.4 Å². The third kappa shape index (κ3) is 2.89. The number of nitrogens with one attached hydrogen (secondary N) is 1. The lowest BCUT2D eigenvalue weighted by atomic mass is 10.0. The molecular formula is C16H17IN4. The van der Waals surface area contributed by atoms with Crippen molar-refractivity contribution in [3.8, 4) is 11.3 Å². The van der Waals surface area contributed by atoms with E-state index in [1.807, 2.05) is 43.8 Å². The molecule has 1 N–H and O–H groups in total. The Morgan fingerprint density at radius 3 is 2.76 bits per heavy atom. The lowest BCUT2D eigenvalue weighted by Gasteiger charge is -2.30. The lowest BCUT2D eigenvalue weighted by Crippen LogP contribution is -3.10. The molecule has 108 valence electrons. The molecule has 1 aromatic heterocycles. The maximum absolute atomic E-state index is 4.44. The second-order valence-corrected chi connectivity index (χ2v) is 6.82. The van der Waals surface area contributed by atoms with Gasteiger partial charge in [0.25, 0.3) is 0 Å². The molecule has 3 rings (SSSR count). The van der Waals surface area contributed by atoms with E-state index >= 15 is 0 Å². The Kier molecular flexibility index (Phi) is 4.12. The van der Waals surface area contributed by atoms with E-state index in [2.05, 4.69) is 63.1 Å². The Hall–Kier alpha value is -1.60. The lowest BCUT2D eigenvalue weighted by molar-refractivity contribution is -0.837. The highest BCUT2D eigenvalue weighted by molar-refractivity contribution is 14.1. The number of nitrogens with zero attached hydrogens (tertiary/aromatic N) is 3. The fourth-order valence-corrected chi connectivity index (χ4v) is 2.94. The topological polar surface area (TPSA) is 34.7 Å². The van der Waals surface area contributed by atoms with Gasteiger partial charge in [0.1, 0.15) is 0 Å². The van der Waals surface area contributed by atoms with E-state index in [1.54, 1.807) is 0 Å². The summed E-state index contributed by atoms with van der Waals surface area (Å²) in [6.45, 7) is 2.20. The van der Waals surface area contributed by atoms with E-state index in [1.165, 1.54) is 11.3 Å². The van der Waals surface area contributed by atoms with Crippen molar-refractivity contribution in [2.45, 2.75) is 10.8 Å². The first-order valence-corrected chi connectivity index (χ1v) is 8.11. The average molecular weight is 392 g/mol. The normalized spacial score (nSPS) is 18.6.